The smallest absolute Gasteiger partial charge is 0.225 e. The molecule has 1 N–H and O–H groups in total. The lowest BCUT2D eigenvalue weighted by Crippen LogP contribution is -2.27. The third kappa shape index (κ3) is 2.70. The zero-order chi connectivity index (χ0) is 11.4. The molecule has 0 saturated carbocycles. The van der Waals surface area contributed by atoms with Gasteiger partial charge in [-0.2, -0.15) is 0 Å². The van der Waals surface area contributed by atoms with E-state index in [1.54, 1.807) is 24.3 Å². The van der Waals surface area contributed by atoms with Crippen LogP contribution in [0.15, 0.2) is 48.8 Å². The third-order valence-corrected chi connectivity index (χ3v) is 2.10. The van der Waals surface area contributed by atoms with Crippen LogP contribution in [-0.2, 0) is 6.61 Å². The minimum atomic E-state index is -0.259. The zero-order valence-electron chi connectivity index (χ0n) is 8.51. The predicted octanol–water partition coefficient (Wildman–Crippen LogP) is 1.93. The molecule has 2 rings (SSSR count). The molecule has 0 aliphatic carbocycles. The Bertz CT molecular complexity index is 408. The molecule has 4 heteroatoms. The number of rotatable bonds is 3. The number of benzene rings is 1. The van der Waals surface area contributed by atoms with Gasteiger partial charge in [0.05, 0.1) is 0 Å². The SMILES string of the molecule is O[n+]1ccc(OCc2ccc(F)cc2)cc1. The fraction of sp³-hybridized carbons (Fsp3) is 0.0833. The van der Waals surface area contributed by atoms with Gasteiger partial charge < -0.3 is 4.74 Å². The summed E-state index contributed by atoms with van der Waals surface area (Å²) in [5.74, 6) is 0.388. The van der Waals surface area contributed by atoms with E-state index in [1.807, 2.05) is 0 Å². The van der Waals surface area contributed by atoms with Crippen LogP contribution in [0.5, 0.6) is 5.75 Å². The van der Waals surface area contributed by atoms with Gasteiger partial charge in [-0.1, -0.05) is 12.1 Å². The molecule has 0 fully saturated rings. The quantitative estimate of drug-likeness (QED) is 0.633. The number of aromatic nitrogens is 1. The van der Waals surface area contributed by atoms with Gasteiger partial charge in [0.1, 0.15) is 18.2 Å². The van der Waals surface area contributed by atoms with Crippen molar-refractivity contribution in [1.82, 2.24) is 0 Å². The summed E-state index contributed by atoms with van der Waals surface area (Å²) in [6.45, 7) is 0.371. The molecular formula is C12H11FNO2+. The monoisotopic (exact) mass is 220 g/mol. The van der Waals surface area contributed by atoms with E-state index in [2.05, 4.69) is 0 Å². The Balaban J connectivity index is 1.97. The summed E-state index contributed by atoms with van der Waals surface area (Å²) in [4.78, 5) is 0. The van der Waals surface area contributed by atoms with Crippen LogP contribution in [0.1, 0.15) is 5.56 Å². The van der Waals surface area contributed by atoms with E-state index in [4.69, 9.17) is 9.94 Å². The van der Waals surface area contributed by atoms with Gasteiger partial charge in [-0.25, -0.2) is 4.39 Å². The second kappa shape index (κ2) is 4.61. The van der Waals surface area contributed by atoms with Crippen molar-refractivity contribution in [2.75, 3.05) is 0 Å². The van der Waals surface area contributed by atoms with Crippen molar-refractivity contribution < 1.29 is 19.1 Å². The first-order valence-electron chi connectivity index (χ1n) is 4.82. The third-order valence-electron chi connectivity index (χ3n) is 2.10. The minimum Gasteiger partial charge on any atom is -0.488 e. The second-order valence-corrected chi connectivity index (χ2v) is 3.33. The standard InChI is InChI=1S/C12H11FNO2/c13-11-3-1-10(2-4-11)9-16-12-5-7-14(15)8-6-12/h1-8,15H,9H2/q+1. The average molecular weight is 220 g/mol. The normalized spacial score (nSPS) is 10.1. The van der Waals surface area contributed by atoms with Gasteiger partial charge in [0, 0.05) is 16.9 Å². The topological polar surface area (TPSA) is 33.3 Å². The molecule has 0 aliphatic heterocycles. The highest BCUT2D eigenvalue weighted by molar-refractivity contribution is 5.18. The van der Waals surface area contributed by atoms with E-state index >= 15 is 0 Å². The summed E-state index contributed by atoms with van der Waals surface area (Å²) in [5.41, 5.74) is 0.891. The van der Waals surface area contributed by atoms with Crippen molar-refractivity contribution >= 4 is 0 Å². The number of ether oxygens (including phenoxy) is 1. The van der Waals surface area contributed by atoms with E-state index in [9.17, 15) is 4.39 Å². The largest absolute Gasteiger partial charge is 0.488 e. The lowest BCUT2D eigenvalue weighted by molar-refractivity contribution is -0.904. The zero-order valence-corrected chi connectivity index (χ0v) is 8.51. The number of pyridine rings is 1. The van der Waals surface area contributed by atoms with E-state index < -0.39 is 0 Å². The molecule has 1 heterocycles. The van der Waals surface area contributed by atoms with Crippen molar-refractivity contribution in [2.24, 2.45) is 0 Å². The molecule has 3 nitrogen and oxygen atoms in total. The fourth-order valence-corrected chi connectivity index (χ4v) is 1.25. The Kier molecular flexibility index (Phi) is 3.00. The highest BCUT2D eigenvalue weighted by Crippen LogP contribution is 2.10. The van der Waals surface area contributed by atoms with Crippen molar-refractivity contribution in [2.45, 2.75) is 6.61 Å². The summed E-state index contributed by atoms with van der Waals surface area (Å²) in [7, 11) is 0. The Hall–Kier alpha value is -2.10. The Morgan fingerprint density at radius 3 is 2.31 bits per heavy atom. The van der Waals surface area contributed by atoms with Crippen LogP contribution in [0.3, 0.4) is 0 Å². The van der Waals surface area contributed by atoms with Crippen LogP contribution in [0, 0.1) is 5.82 Å². The van der Waals surface area contributed by atoms with Gasteiger partial charge in [0.15, 0.2) is 0 Å². The molecule has 2 aromatic rings. The van der Waals surface area contributed by atoms with Crippen LogP contribution in [0.25, 0.3) is 0 Å². The van der Waals surface area contributed by atoms with Gasteiger partial charge in [0.25, 0.3) is 0 Å². The van der Waals surface area contributed by atoms with E-state index in [-0.39, 0.29) is 5.82 Å². The summed E-state index contributed by atoms with van der Waals surface area (Å²) in [5, 5.41) is 8.99. The maximum atomic E-state index is 12.6. The molecule has 0 radical (unpaired) electrons. The highest BCUT2D eigenvalue weighted by atomic mass is 19.1. The molecule has 0 aliphatic rings. The van der Waals surface area contributed by atoms with Crippen molar-refractivity contribution in [3.8, 4) is 5.75 Å². The number of halogens is 1. The van der Waals surface area contributed by atoms with E-state index in [0.29, 0.717) is 12.4 Å². The van der Waals surface area contributed by atoms with Crippen molar-refractivity contribution in [3.63, 3.8) is 0 Å². The molecule has 1 aromatic carbocycles. The fourth-order valence-electron chi connectivity index (χ4n) is 1.25. The van der Waals surface area contributed by atoms with Crippen LogP contribution in [0.2, 0.25) is 0 Å². The number of hydrogen-bond acceptors (Lipinski definition) is 2. The van der Waals surface area contributed by atoms with Crippen molar-refractivity contribution in [3.05, 3.63) is 60.2 Å². The van der Waals surface area contributed by atoms with Gasteiger partial charge >= 0.3 is 0 Å². The molecule has 1 aromatic heterocycles. The van der Waals surface area contributed by atoms with Gasteiger partial charge in [-0.05, 0) is 17.7 Å². The summed E-state index contributed by atoms with van der Waals surface area (Å²) in [6, 6.07) is 9.42. The van der Waals surface area contributed by atoms with E-state index in [1.165, 1.54) is 24.5 Å². The first kappa shape index (κ1) is 10.4. The number of hydrogen-bond donors (Lipinski definition) is 1. The molecule has 0 unspecified atom stereocenters. The summed E-state index contributed by atoms with van der Waals surface area (Å²) >= 11 is 0. The van der Waals surface area contributed by atoms with Crippen molar-refractivity contribution in [1.29, 1.82) is 0 Å². The maximum Gasteiger partial charge on any atom is 0.225 e. The maximum absolute atomic E-state index is 12.6. The first-order chi connectivity index (χ1) is 7.74. The lowest BCUT2D eigenvalue weighted by Gasteiger charge is -2.04. The summed E-state index contributed by atoms with van der Waals surface area (Å²) < 4.78 is 19.0. The van der Waals surface area contributed by atoms with Gasteiger partial charge in [-0.15, -0.1) is 0 Å². The minimum absolute atomic E-state index is 0.259. The molecule has 0 spiro atoms. The lowest BCUT2D eigenvalue weighted by atomic mass is 10.2. The Morgan fingerprint density at radius 2 is 1.69 bits per heavy atom. The van der Waals surface area contributed by atoms with E-state index in [0.717, 1.165) is 10.3 Å². The van der Waals surface area contributed by atoms with Crippen LogP contribution in [0.4, 0.5) is 4.39 Å². The molecule has 0 bridgehead atoms. The highest BCUT2D eigenvalue weighted by Gasteiger charge is 1.99. The van der Waals surface area contributed by atoms with Crippen LogP contribution < -0.4 is 9.47 Å². The number of nitrogens with zero attached hydrogens (tertiary/aromatic N) is 1. The first-order valence-corrected chi connectivity index (χ1v) is 4.82. The predicted molar refractivity (Wildman–Crippen MR) is 54.6 cm³/mol. The van der Waals surface area contributed by atoms with Gasteiger partial charge in [-0.3, -0.25) is 5.21 Å². The Labute approximate surface area is 92.3 Å². The molecule has 82 valence electrons. The van der Waals surface area contributed by atoms with Crippen LogP contribution in [-0.4, -0.2) is 5.21 Å². The molecular weight excluding hydrogens is 209 g/mol. The molecule has 16 heavy (non-hydrogen) atoms. The molecule has 0 saturated heterocycles. The van der Waals surface area contributed by atoms with Crippen LogP contribution >= 0.6 is 0 Å². The average Bonchev–Trinajstić information content (AvgIpc) is 2.30. The Morgan fingerprint density at radius 1 is 1.06 bits per heavy atom. The van der Waals surface area contributed by atoms with Gasteiger partial charge in [0.2, 0.25) is 12.4 Å². The molecule has 0 amide bonds. The second-order valence-electron chi connectivity index (χ2n) is 3.33. The summed E-state index contributed by atoms with van der Waals surface area (Å²) in [6.07, 6.45) is 2.94. The molecule has 0 atom stereocenters.